The molecule has 0 bridgehead atoms. The Morgan fingerprint density at radius 2 is 1.71 bits per heavy atom. The largest absolute Gasteiger partial charge is 0.480 e. The number of carboxylic acids is 1. The molecule has 0 fully saturated rings. The lowest BCUT2D eigenvalue weighted by atomic mass is 10.2. The zero-order valence-electron chi connectivity index (χ0n) is 14.3. The number of nitrogens with one attached hydrogen (secondary N) is 1. The number of alkyl carbamates (subject to hydrolysis) is 1. The number of hydrogen-bond donors (Lipinski definition) is 2. The summed E-state index contributed by atoms with van der Waals surface area (Å²) < 4.78 is 14.2. The standard InChI is InChI=1S/C14H23NO8S/c1-8(2)11(18)21-7-22-13(20)24-6-9(10(16)17)15-12(19)23-14(3,4)5/h8-9H,6-7H2,1-5H3,(H,15,19)(H,16,17)/t9-/m0/s1. The fourth-order valence-corrected chi connectivity index (χ4v) is 1.78. The number of hydrogen-bond acceptors (Lipinski definition) is 8. The van der Waals surface area contributed by atoms with E-state index in [0.29, 0.717) is 11.8 Å². The highest BCUT2D eigenvalue weighted by Crippen LogP contribution is 2.10. The Hall–Kier alpha value is -1.97. The molecule has 1 atom stereocenters. The molecule has 0 aliphatic heterocycles. The predicted molar refractivity (Wildman–Crippen MR) is 85.5 cm³/mol. The van der Waals surface area contributed by atoms with Crippen molar-refractivity contribution in [3.63, 3.8) is 0 Å². The smallest absolute Gasteiger partial charge is 0.408 e. The van der Waals surface area contributed by atoms with Gasteiger partial charge in [0.05, 0.1) is 5.92 Å². The second-order valence-corrected chi connectivity index (χ2v) is 6.93. The first-order valence-corrected chi connectivity index (χ1v) is 8.09. The number of rotatable bonds is 7. The summed E-state index contributed by atoms with van der Waals surface area (Å²) in [7, 11) is 0. The van der Waals surface area contributed by atoms with Crippen molar-refractivity contribution < 1.29 is 38.5 Å². The number of carbonyl (C=O) groups is 4. The van der Waals surface area contributed by atoms with Crippen LogP contribution in [0.4, 0.5) is 9.59 Å². The molecule has 24 heavy (non-hydrogen) atoms. The molecule has 0 aliphatic carbocycles. The number of esters is 1. The van der Waals surface area contributed by atoms with Crippen LogP contribution in [0.3, 0.4) is 0 Å². The summed E-state index contributed by atoms with van der Waals surface area (Å²) in [6, 6.07) is -1.34. The van der Waals surface area contributed by atoms with Crippen LogP contribution in [0.1, 0.15) is 34.6 Å². The third-order valence-corrected chi connectivity index (χ3v) is 3.06. The summed E-state index contributed by atoms with van der Waals surface area (Å²) in [5.41, 5.74) is -0.778. The van der Waals surface area contributed by atoms with E-state index in [-0.39, 0.29) is 11.7 Å². The van der Waals surface area contributed by atoms with Crippen molar-refractivity contribution in [2.45, 2.75) is 46.3 Å². The van der Waals surface area contributed by atoms with E-state index in [4.69, 9.17) is 9.84 Å². The van der Waals surface area contributed by atoms with Crippen LogP contribution in [0.15, 0.2) is 0 Å². The van der Waals surface area contributed by atoms with Crippen molar-refractivity contribution in [2.75, 3.05) is 12.5 Å². The first-order chi connectivity index (χ1) is 10.9. The zero-order chi connectivity index (χ0) is 18.9. The lowest BCUT2D eigenvalue weighted by Gasteiger charge is -2.21. The molecule has 0 radical (unpaired) electrons. The van der Waals surface area contributed by atoms with Crippen LogP contribution in [0.5, 0.6) is 0 Å². The third kappa shape index (κ3) is 10.7. The minimum absolute atomic E-state index is 0.272. The van der Waals surface area contributed by atoms with Crippen LogP contribution >= 0.6 is 11.8 Å². The average Bonchev–Trinajstić information content (AvgIpc) is 2.40. The van der Waals surface area contributed by atoms with Gasteiger partial charge in [-0.15, -0.1) is 0 Å². The number of aliphatic carboxylic acids is 1. The maximum Gasteiger partial charge on any atom is 0.408 e. The second-order valence-electron chi connectivity index (χ2n) is 5.98. The van der Waals surface area contributed by atoms with E-state index in [1.165, 1.54) is 0 Å². The Labute approximate surface area is 144 Å². The molecule has 0 spiro atoms. The molecule has 10 heteroatoms. The Bertz CT molecular complexity index is 472. The minimum atomic E-state index is -1.34. The van der Waals surface area contributed by atoms with Gasteiger partial charge in [-0.2, -0.15) is 0 Å². The van der Waals surface area contributed by atoms with Crippen LogP contribution in [0, 0.1) is 5.92 Å². The highest BCUT2D eigenvalue weighted by atomic mass is 32.2. The van der Waals surface area contributed by atoms with Crippen LogP contribution in [0.2, 0.25) is 0 Å². The topological polar surface area (TPSA) is 128 Å². The van der Waals surface area contributed by atoms with Crippen molar-refractivity contribution in [1.82, 2.24) is 5.32 Å². The predicted octanol–water partition coefficient (Wildman–Crippen LogP) is 1.99. The van der Waals surface area contributed by atoms with Gasteiger partial charge in [0, 0.05) is 5.75 Å². The van der Waals surface area contributed by atoms with E-state index in [0.717, 1.165) is 0 Å². The van der Waals surface area contributed by atoms with Crippen molar-refractivity contribution in [3.05, 3.63) is 0 Å². The van der Waals surface area contributed by atoms with Crippen LogP contribution in [-0.4, -0.2) is 52.6 Å². The highest BCUT2D eigenvalue weighted by molar-refractivity contribution is 8.13. The lowest BCUT2D eigenvalue weighted by molar-refractivity contribution is -0.155. The molecule has 138 valence electrons. The fraction of sp³-hybridized carbons (Fsp3) is 0.714. The molecule has 0 aromatic heterocycles. The number of carboxylic acid groups (broad SMARTS) is 1. The molecule has 0 aromatic carbocycles. The number of thioether (sulfide) groups is 1. The van der Waals surface area contributed by atoms with E-state index < -0.39 is 41.8 Å². The van der Waals surface area contributed by atoms with Crippen molar-refractivity contribution in [2.24, 2.45) is 5.92 Å². The highest BCUT2D eigenvalue weighted by Gasteiger charge is 2.25. The maximum absolute atomic E-state index is 11.5. The molecule has 0 saturated carbocycles. The minimum Gasteiger partial charge on any atom is -0.480 e. The van der Waals surface area contributed by atoms with Gasteiger partial charge >= 0.3 is 23.3 Å². The van der Waals surface area contributed by atoms with Crippen molar-refractivity contribution in [1.29, 1.82) is 0 Å². The molecule has 0 rings (SSSR count). The normalized spacial score (nSPS) is 12.2. The lowest BCUT2D eigenvalue weighted by Crippen LogP contribution is -2.45. The quantitative estimate of drug-likeness (QED) is 0.514. The molecule has 0 heterocycles. The van der Waals surface area contributed by atoms with Crippen molar-refractivity contribution >= 4 is 35.1 Å². The first-order valence-electron chi connectivity index (χ1n) is 7.11. The Morgan fingerprint density at radius 3 is 2.17 bits per heavy atom. The summed E-state index contributed by atoms with van der Waals surface area (Å²) >= 11 is 0.529. The van der Waals surface area contributed by atoms with Gasteiger partial charge in [-0.05, 0) is 32.5 Å². The van der Waals surface area contributed by atoms with Gasteiger partial charge in [0.2, 0.25) is 6.79 Å². The van der Waals surface area contributed by atoms with Gasteiger partial charge in [0.15, 0.2) is 0 Å². The van der Waals surface area contributed by atoms with Gasteiger partial charge in [-0.3, -0.25) is 4.79 Å². The van der Waals surface area contributed by atoms with Gasteiger partial charge in [0.1, 0.15) is 11.6 Å². The molecule has 9 nitrogen and oxygen atoms in total. The summed E-state index contributed by atoms with van der Waals surface area (Å²) in [4.78, 5) is 45.2. The monoisotopic (exact) mass is 365 g/mol. The summed E-state index contributed by atoms with van der Waals surface area (Å²) in [6.45, 7) is 7.59. The molecule has 0 aliphatic rings. The van der Waals surface area contributed by atoms with Gasteiger partial charge in [-0.25, -0.2) is 14.4 Å². The maximum atomic E-state index is 11.5. The number of amides is 1. The van der Waals surface area contributed by atoms with Crippen LogP contribution in [0.25, 0.3) is 0 Å². The summed E-state index contributed by atoms with van der Waals surface area (Å²) in [5, 5.41) is 10.4. The van der Waals surface area contributed by atoms with Crippen molar-refractivity contribution in [3.8, 4) is 0 Å². The van der Waals surface area contributed by atoms with Gasteiger partial charge < -0.3 is 24.6 Å². The molecule has 0 unspecified atom stereocenters. The number of carbonyl (C=O) groups excluding carboxylic acids is 3. The van der Waals surface area contributed by atoms with E-state index in [9.17, 15) is 19.2 Å². The Balaban J connectivity index is 4.25. The Morgan fingerprint density at radius 1 is 1.12 bits per heavy atom. The van der Waals surface area contributed by atoms with Gasteiger partial charge in [0.25, 0.3) is 0 Å². The first kappa shape index (κ1) is 22.0. The molecule has 0 saturated heterocycles. The molecule has 0 aromatic rings. The van der Waals surface area contributed by atoms with E-state index in [1.807, 2.05) is 0 Å². The number of ether oxygens (including phenoxy) is 3. The molecule has 1 amide bonds. The summed E-state index contributed by atoms with van der Waals surface area (Å²) in [6.07, 6.45) is -0.908. The fourth-order valence-electron chi connectivity index (χ4n) is 1.12. The third-order valence-electron chi connectivity index (χ3n) is 2.21. The SMILES string of the molecule is CC(C)C(=O)OCOC(=O)SC[C@H](NC(=O)OC(C)(C)C)C(=O)O. The second kappa shape index (κ2) is 10.0. The molecular weight excluding hydrogens is 342 g/mol. The summed E-state index contributed by atoms with van der Waals surface area (Å²) in [5.74, 6) is -2.48. The zero-order valence-corrected chi connectivity index (χ0v) is 15.1. The molecule has 2 N–H and O–H groups in total. The molecular formula is C14H23NO8S. The van der Waals surface area contributed by atoms with Crippen LogP contribution < -0.4 is 5.32 Å². The van der Waals surface area contributed by atoms with E-state index >= 15 is 0 Å². The Kier molecular flexibility index (Phi) is 9.19. The van der Waals surface area contributed by atoms with E-state index in [1.54, 1.807) is 34.6 Å². The average molecular weight is 365 g/mol. The van der Waals surface area contributed by atoms with E-state index in [2.05, 4.69) is 14.8 Å². The van der Waals surface area contributed by atoms with Crippen LogP contribution in [-0.2, 0) is 23.8 Å². The van der Waals surface area contributed by atoms with Gasteiger partial charge in [-0.1, -0.05) is 13.8 Å².